The second-order valence-corrected chi connectivity index (χ2v) is 7.85. The molecule has 0 unspecified atom stereocenters. The van der Waals surface area contributed by atoms with Gasteiger partial charge in [-0.25, -0.2) is 0 Å². The standard InChI is InChI=1S/C22H37NO10/c1-14(24)29-13-18-19(30-15(2)25)20(31-16(3)26)21(32-17(4)27)22(33-18)28-12-10-8-6-5-7-9-11-23/h18-22H,5-13,23H2,1-4H3/t18-,19+,20+,21-,22-/m1/s1. The van der Waals surface area contributed by atoms with Crippen LogP contribution in [0.3, 0.4) is 0 Å². The van der Waals surface area contributed by atoms with Crippen LogP contribution in [0.1, 0.15) is 66.2 Å². The largest absolute Gasteiger partial charge is 0.463 e. The quantitative estimate of drug-likeness (QED) is 0.220. The maximum Gasteiger partial charge on any atom is 0.303 e. The molecule has 0 saturated carbocycles. The van der Waals surface area contributed by atoms with E-state index in [-0.39, 0.29) is 6.61 Å². The van der Waals surface area contributed by atoms with Crippen LogP contribution in [-0.2, 0) is 47.6 Å². The maximum atomic E-state index is 11.8. The number of esters is 4. The van der Waals surface area contributed by atoms with Gasteiger partial charge in [-0.05, 0) is 19.4 Å². The molecule has 1 aliphatic rings. The number of carbonyl (C=O) groups is 4. The molecule has 1 fully saturated rings. The fourth-order valence-electron chi connectivity index (χ4n) is 3.48. The topological polar surface area (TPSA) is 150 Å². The number of hydrogen-bond donors (Lipinski definition) is 1. The molecule has 0 bridgehead atoms. The van der Waals surface area contributed by atoms with Crippen molar-refractivity contribution in [2.45, 2.75) is 96.9 Å². The van der Waals surface area contributed by atoms with E-state index in [2.05, 4.69) is 0 Å². The van der Waals surface area contributed by atoms with Gasteiger partial charge in [-0.3, -0.25) is 19.2 Å². The van der Waals surface area contributed by atoms with Gasteiger partial charge in [0.25, 0.3) is 0 Å². The lowest BCUT2D eigenvalue weighted by Crippen LogP contribution is -2.63. The van der Waals surface area contributed by atoms with Gasteiger partial charge in [-0.1, -0.05) is 25.7 Å². The van der Waals surface area contributed by atoms with Crippen LogP contribution in [0.15, 0.2) is 0 Å². The molecule has 0 aliphatic carbocycles. The van der Waals surface area contributed by atoms with Gasteiger partial charge in [0, 0.05) is 34.3 Å². The number of rotatable bonds is 14. The Morgan fingerprint density at radius 3 is 1.76 bits per heavy atom. The van der Waals surface area contributed by atoms with Crippen LogP contribution >= 0.6 is 0 Å². The molecule has 0 amide bonds. The molecule has 11 heteroatoms. The average molecular weight is 476 g/mol. The van der Waals surface area contributed by atoms with Crippen molar-refractivity contribution in [3.63, 3.8) is 0 Å². The zero-order valence-electron chi connectivity index (χ0n) is 19.9. The molecule has 190 valence electrons. The zero-order valence-corrected chi connectivity index (χ0v) is 19.9. The fraction of sp³-hybridized carbons (Fsp3) is 0.818. The fourth-order valence-corrected chi connectivity index (χ4v) is 3.48. The minimum atomic E-state index is -1.22. The van der Waals surface area contributed by atoms with Gasteiger partial charge in [0.1, 0.15) is 12.7 Å². The van der Waals surface area contributed by atoms with Crippen molar-refractivity contribution in [2.24, 2.45) is 5.73 Å². The third-order valence-electron chi connectivity index (χ3n) is 4.83. The highest BCUT2D eigenvalue weighted by molar-refractivity contribution is 5.68. The number of hydrogen-bond acceptors (Lipinski definition) is 11. The summed E-state index contributed by atoms with van der Waals surface area (Å²) in [7, 11) is 0. The van der Waals surface area contributed by atoms with Gasteiger partial charge < -0.3 is 34.2 Å². The summed E-state index contributed by atoms with van der Waals surface area (Å²) < 4.78 is 32.8. The minimum Gasteiger partial charge on any atom is -0.463 e. The molecule has 1 heterocycles. The van der Waals surface area contributed by atoms with Crippen LogP contribution in [0.4, 0.5) is 0 Å². The SMILES string of the molecule is CC(=O)OC[C@H]1O[C@@H](OCCCCCCCCN)[C@H](OC(C)=O)[C@@H](OC(C)=O)[C@H]1OC(C)=O. The monoisotopic (exact) mass is 475 g/mol. The summed E-state index contributed by atoms with van der Waals surface area (Å²) >= 11 is 0. The predicted octanol–water partition coefficient (Wildman–Crippen LogP) is 1.39. The summed E-state index contributed by atoms with van der Waals surface area (Å²) in [6.07, 6.45) is 0.136. The minimum absolute atomic E-state index is 0.279. The summed E-state index contributed by atoms with van der Waals surface area (Å²) in [5, 5.41) is 0. The van der Waals surface area contributed by atoms with Crippen LogP contribution in [0.5, 0.6) is 0 Å². The normalized spacial score (nSPS) is 24.6. The van der Waals surface area contributed by atoms with Crippen LogP contribution < -0.4 is 5.73 Å². The number of nitrogens with two attached hydrogens (primary N) is 1. The Morgan fingerprint density at radius 1 is 0.697 bits per heavy atom. The number of unbranched alkanes of at least 4 members (excludes halogenated alkanes) is 5. The van der Waals surface area contributed by atoms with Gasteiger partial charge in [-0.15, -0.1) is 0 Å². The lowest BCUT2D eigenvalue weighted by Gasteiger charge is -2.44. The van der Waals surface area contributed by atoms with E-state index in [9.17, 15) is 19.2 Å². The predicted molar refractivity (Wildman–Crippen MR) is 115 cm³/mol. The Kier molecular flexibility index (Phi) is 13.6. The Balaban J connectivity index is 2.95. The van der Waals surface area contributed by atoms with Crippen molar-refractivity contribution >= 4 is 23.9 Å². The Hall–Kier alpha value is -2.24. The molecular weight excluding hydrogens is 438 g/mol. The van der Waals surface area contributed by atoms with Gasteiger partial charge in [0.05, 0.1) is 0 Å². The van der Waals surface area contributed by atoms with E-state index in [1.807, 2.05) is 0 Å². The average Bonchev–Trinajstić information content (AvgIpc) is 2.71. The van der Waals surface area contributed by atoms with Crippen LogP contribution in [0, 0.1) is 0 Å². The van der Waals surface area contributed by atoms with E-state index >= 15 is 0 Å². The molecule has 0 spiro atoms. The highest BCUT2D eigenvalue weighted by Crippen LogP contribution is 2.30. The van der Waals surface area contributed by atoms with Gasteiger partial charge in [0.15, 0.2) is 24.6 Å². The van der Waals surface area contributed by atoms with E-state index in [1.165, 1.54) is 27.7 Å². The van der Waals surface area contributed by atoms with Crippen molar-refractivity contribution < 1.29 is 47.6 Å². The van der Waals surface area contributed by atoms with Crippen LogP contribution in [0.25, 0.3) is 0 Å². The van der Waals surface area contributed by atoms with E-state index < -0.39 is 54.6 Å². The third kappa shape index (κ3) is 11.4. The molecule has 0 radical (unpaired) electrons. The second-order valence-electron chi connectivity index (χ2n) is 7.85. The highest BCUT2D eigenvalue weighted by Gasteiger charge is 2.52. The third-order valence-corrected chi connectivity index (χ3v) is 4.83. The molecule has 1 aliphatic heterocycles. The van der Waals surface area contributed by atoms with Gasteiger partial charge in [-0.2, -0.15) is 0 Å². The lowest BCUT2D eigenvalue weighted by molar-refractivity contribution is -0.308. The van der Waals surface area contributed by atoms with Crippen molar-refractivity contribution in [3.8, 4) is 0 Å². The maximum absolute atomic E-state index is 11.8. The first-order valence-corrected chi connectivity index (χ1v) is 11.3. The summed E-state index contributed by atoms with van der Waals surface area (Å²) in [5.74, 6) is -2.59. The molecule has 0 aromatic carbocycles. The molecule has 33 heavy (non-hydrogen) atoms. The summed E-state index contributed by atoms with van der Waals surface area (Å²) in [5.41, 5.74) is 5.49. The summed E-state index contributed by atoms with van der Waals surface area (Å²) in [4.78, 5) is 46.6. The van der Waals surface area contributed by atoms with Crippen molar-refractivity contribution in [1.82, 2.24) is 0 Å². The zero-order chi connectivity index (χ0) is 24.8. The van der Waals surface area contributed by atoms with E-state index in [0.717, 1.165) is 38.5 Å². The van der Waals surface area contributed by atoms with Gasteiger partial charge in [0.2, 0.25) is 0 Å². The highest BCUT2D eigenvalue weighted by atomic mass is 16.7. The molecule has 2 N–H and O–H groups in total. The smallest absolute Gasteiger partial charge is 0.303 e. The van der Waals surface area contributed by atoms with Crippen molar-refractivity contribution in [1.29, 1.82) is 0 Å². The first-order chi connectivity index (χ1) is 15.6. The van der Waals surface area contributed by atoms with Crippen LogP contribution in [0.2, 0.25) is 0 Å². The lowest BCUT2D eigenvalue weighted by atomic mass is 9.98. The molecule has 1 rings (SSSR count). The number of carbonyl (C=O) groups excluding carboxylic acids is 4. The van der Waals surface area contributed by atoms with Crippen molar-refractivity contribution in [2.75, 3.05) is 19.8 Å². The molecule has 0 aromatic rings. The van der Waals surface area contributed by atoms with E-state index in [4.69, 9.17) is 34.2 Å². The molecule has 1 saturated heterocycles. The van der Waals surface area contributed by atoms with E-state index in [1.54, 1.807) is 0 Å². The first kappa shape index (κ1) is 28.8. The molecule has 0 aromatic heterocycles. The Morgan fingerprint density at radius 2 is 1.21 bits per heavy atom. The van der Waals surface area contributed by atoms with Crippen LogP contribution in [-0.4, -0.2) is 74.3 Å². The summed E-state index contributed by atoms with van der Waals surface area (Å²) in [6.45, 7) is 5.46. The van der Waals surface area contributed by atoms with E-state index in [0.29, 0.717) is 13.2 Å². The molecular formula is C22H37NO10. The van der Waals surface area contributed by atoms with Crippen molar-refractivity contribution in [3.05, 3.63) is 0 Å². The second kappa shape index (κ2) is 15.6. The molecule has 11 nitrogen and oxygen atoms in total. The molecule has 5 atom stereocenters. The summed E-state index contributed by atoms with van der Waals surface area (Å²) in [6, 6.07) is 0. The Bertz CT molecular complexity index is 641. The van der Waals surface area contributed by atoms with Gasteiger partial charge >= 0.3 is 23.9 Å². The first-order valence-electron chi connectivity index (χ1n) is 11.3. The number of ether oxygens (including phenoxy) is 6. The Labute approximate surface area is 194 Å².